The molecule has 1 fully saturated rings. The van der Waals surface area contributed by atoms with Crippen molar-refractivity contribution >= 4 is 10.8 Å². The van der Waals surface area contributed by atoms with E-state index in [-0.39, 0.29) is 0 Å². The molecule has 13 heavy (non-hydrogen) atoms. The van der Waals surface area contributed by atoms with E-state index in [2.05, 4.69) is 15.1 Å². The Bertz CT molecular complexity index is 276. The summed E-state index contributed by atoms with van der Waals surface area (Å²) >= 11 is 0. The second-order valence-corrected chi connectivity index (χ2v) is 4.90. The van der Waals surface area contributed by atoms with Crippen LogP contribution in [0.15, 0.2) is 12.3 Å². The number of nitrogens with one attached hydrogen (secondary N) is 1. The van der Waals surface area contributed by atoms with Crippen LogP contribution in [-0.2, 0) is 17.3 Å². The quantitative estimate of drug-likeness (QED) is 0.728. The minimum absolute atomic E-state index is 0.577. The fraction of sp³-hybridized carbons (Fsp3) is 0.625. The van der Waals surface area contributed by atoms with E-state index in [0.29, 0.717) is 0 Å². The average molecular weight is 199 g/mol. The molecule has 0 unspecified atom stereocenters. The van der Waals surface area contributed by atoms with Crippen LogP contribution in [0.4, 0.5) is 0 Å². The minimum Gasteiger partial charge on any atom is -0.296 e. The normalized spacial score (nSPS) is 20.6. The maximum atomic E-state index is 11.1. The van der Waals surface area contributed by atoms with E-state index in [4.69, 9.17) is 0 Å². The van der Waals surface area contributed by atoms with Crippen LogP contribution in [0.3, 0.4) is 0 Å². The summed E-state index contributed by atoms with van der Waals surface area (Å²) in [7, 11) is -0.577. The molecule has 1 aliphatic heterocycles. The third-order valence-electron chi connectivity index (χ3n) is 2.22. The molecule has 1 saturated heterocycles. The van der Waals surface area contributed by atoms with Gasteiger partial charge in [0.1, 0.15) is 0 Å². The van der Waals surface area contributed by atoms with Crippen LogP contribution < -0.4 is 0 Å². The highest BCUT2D eigenvalue weighted by molar-refractivity contribution is 7.85. The molecule has 0 aliphatic carbocycles. The molecule has 1 aliphatic rings. The number of rotatable bonds is 2. The first-order valence-corrected chi connectivity index (χ1v) is 5.89. The Morgan fingerprint density at radius 3 is 2.92 bits per heavy atom. The van der Waals surface area contributed by atoms with Gasteiger partial charge in [-0.2, -0.15) is 5.10 Å². The van der Waals surface area contributed by atoms with Gasteiger partial charge in [-0.05, 0) is 6.07 Å². The van der Waals surface area contributed by atoms with Gasteiger partial charge in [0, 0.05) is 53.8 Å². The third kappa shape index (κ3) is 2.38. The molecule has 4 nitrogen and oxygen atoms in total. The maximum Gasteiger partial charge on any atom is 0.0492 e. The van der Waals surface area contributed by atoms with Crippen molar-refractivity contribution in [3.05, 3.63) is 18.0 Å². The molecule has 0 aromatic carbocycles. The smallest absolute Gasteiger partial charge is 0.0492 e. The standard InChI is InChI=1S/C8H13N3OS/c12-13-5-3-11(4-6-13)7-8-1-2-9-10-8/h1-2H,3-7H2,(H,9,10). The Morgan fingerprint density at radius 1 is 1.54 bits per heavy atom. The third-order valence-corrected chi connectivity index (χ3v) is 3.50. The van der Waals surface area contributed by atoms with E-state index >= 15 is 0 Å². The molecule has 72 valence electrons. The number of aromatic nitrogens is 2. The van der Waals surface area contributed by atoms with Crippen LogP contribution in [0.25, 0.3) is 0 Å². The van der Waals surface area contributed by atoms with Crippen molar-refractivity contribution in [1.29, 1.82) is 0 Å². The minimum atomic E-state index is -0.577. The van der Waals surface area contributed by atoms with Gasteiger partial charge in [-0.25, -0.2) is 0 Å². The summed E-state index contributed by atoms with van der Waals surface area (Å²) in [6, 6.07) is 1.98. The van der Waals surface area contributed by atoms with E-state index in [1.807, 2.05) is 6.07 Å². The van der Waals surface area contributed by atoms with Crippen LogP contribution in [0.1, 0.15) is 5.69 Å². The Morgan fingerprint density at radius 2 is 2.31 bits per heavy atom. The monoisotopic (exact) mass is 199 g/mol. The summed E-state index contributed by atoms with van der Waals surface area (Å²) in [5.41, 5.74) is 1.13. The summed E-state index contributed by atoms with van der Waals surface area (Å²) in [5, 5.41) is 6.82. The zero-order valence-corrected chi connectivity index (χ0v) is 8.22. The highest BCUT2D eigenvalue weighted by Gasteiger charge is 2.15. The summed E-state index contributed by atoms with van der Waals surface area (Å²) in [5.74, 6) is 1.63. The summed E-state index contributed by atoms with van der Waals surface area (Å²) in [4.78, 5) is 2.30. The molecule has 0 saturated carbocycles. The number of hydrogen-bond donors (Lipinski definition) is 1. The summed E-state index contributed by atoms with van der Waals surface area (Å²) < 4.78 is 11.1. The van der Waals surface area contributed by atoms with Gasteiger partial charge < -0.3 is 0 Å². The Kier molecular flexibility index (Phi) is 2.75. The lowest BCUT2D eigenvalue weighted by molar-refractivity contribution is 0.288. The van der Waals surface area contributed by atoms with Gasteiger partial charge in [-0.15, -0.1) is 0 Å². The van der Waals surface area contributed by atoms with E-state index < -0.39 is 10.8 Å². The molecule has 1 aromatic rings. The molecule has 1 N–H and O–H groups in total. The average Bonchev–Trinajstić information content (AvgIpc) is 2.62. The first-order chi connectivity index (χ1) is 6.34. The van der Waals surface area contributed by atoms with E-state index in [1.54, 1.807) is 6.20 Å². The molecule has 0 amide bonds. The molecule has 0 spiro atoms. The lowest BCUT2D eigenvalue weighted by atomic mass is 10.4. The van der Waals surface area contributed by atoms with Gasteiger partial charge in [0.2, 0.25) is 0 Å². The molecular formula is C8H13N3OS. The first-order valence-electron chi connectivity index (χ1n) is 4.40. The van der Waals surface area contributed by atoms with Gasteiger partial charge in [0.25, 0.3) is 0 Å². The SMILES string of the molecule is O=S1CCN(Cc2ccn[nH]2)CC1. The zero-order valence-electron chi connectivity index (χ0n) is 7.40. The van der Waals surface area contributed by atoms with Crippen molar-refractivity contribution in [2.24, 2.45) is 0 Å². The first kappa shape index (κ1) is 8.90. The molecular weight excluding hydrogens is 186 g/mol. The van der Waals surface area contributed by atoms with Crippen molar-refractivity contribution in [2.75, 3.05) is 24.6 Å². The maximum absolute atomic E-state index is 11.1. The Balaban J connectivity index is 1.86. The molecule has 5 heteroatoms. The zero-order chi connectivity index (χ0) is 9.10. The number of H-pyrrole nitrogens is 1. The largest absolute Gasteiger partial charge is 0.296 e. The molecule has 2 heterocycles. The Hall–Kier alpha value is -0.680. The van der Waals surface area contributed by atoms with Crippen molar-refractivity contribution < 1.29 is 4.21 Å². The molecule has 2 rings (SSSR count). The van der Waals surface area contributed by atoms with Crippen molar-refractivity contribution in [3.63, 3.8) is 0 Å². The van der Waals surface area contributed by atoms with E-state index in [1.165, 1.54) is 0 Å². The topological polar surface area (TPSA) is 49.0 Å². The molecule has 1 aromatic heterocycles. The van der Waals surface area contributed by atoms with Gasteiger partial charge in [-0.1, -0.05) is 0 Å². The van der Waals surface area contributed by atoms with Gasteiger partial charge >= 0.3 is 0 Å². The highest BCUT2D eigenvalue weighted by Crippen LogP contribution is 2.04. The van der Waals surface area contributed by atoms with Crippen molar-refractivity contribution in [1.82, 2.24) is 15.1 Å². The van der Waals surface area contributed by atoms with Crippen molar-refractivity contribution in [2.45, 2.75) is 6.54 Å². The second kappa shape index (κ2) is 4.02. The summed E-state index contributed by atoms with van der Waals surface area (Å²) in [6.07, 6.45) is 1.76. The van der Waals surface area contributed by atoms with Crippen LogP contribution in [0, 0.1) is 0 Å². The molecule has 0 bridgehead atoms. The second-order valence-electron chi connectivity index (χ2n) is 3.21. The van der Waals surface area contributed by atoms with Crippen LogP contribution in [0.2, 0.25) is 0 Å². The highest BCUT2D eigenvalue weighted by atomic mass is 32.2. The van der Waals surface area contributed by atoms with Crippen LogP contribution >= 0.6 is 0 Å². The fourth-order valence-electron chi connectivity index (χ4n) is 1.45. The van der Waals surface area contributed by atoms with E-state index in [9.17, 15) is 4.21 Å². The predicted molar refractivity (Wildman–Crippen MR) is 51.7 cm³/mol. The fourth-order valence-corrected chi connectivity index (χ4v) is 2.58. The molecule has 0 radical (unpaired) electrons. The van der Waals surface area contributed by atoms with Gasteiger partial charge in [0.15, 0.2) is 0 Å². The number of aromatic amines is 1. The lowest BCUT2D eigenvalue weighted by Gasteiger charge is -2.25. The predicted octanol–water partition coefficient (Wildman–Crippen LogP) is -0.0260. The number of hydrogen-bond acceptors (Lipinski definition) is 3. The Labute approximate surface area is 79.8 Å². The molecule has 0 atom stereocenters. The van der Waals surface area contributed by atoms with Crippen LogP contribution in [-0.4, -0.2) is 43.9 Å². The summed E-state index contributed by atoms with van der Waals surface area (Å²) in [6.45, 7) is 2.77. The van der Waals surface area contributed by atoms with Crippen LogP contribution in [0.5, 0.6) is 0 Å². The van der Waals surface area contributed by atoms with E-state index in [0.717, 1.165) is 36.8 Å². The van der Waals surface area contributed by atoms with Gasteiger partial charge in [-0.3, -0.25) is 14.2 Å². The van der Waals surface area contributed by atoms with Crippen molar-refractivity contribution in [3.8, 4) is 0 Å². The van der Waals surface area contributed by atoms with Gasteiger partial charge in [0.05, 0.1) is 0 Å². The lowest BCUT2D eigenvalue weighted by Crippen LogP contribution is -2.37. The number of nitrogens with zero attached hydrogens (tertiary/aromatic N) is 2.